The van der Waals surface area contributed by atoms with Crippen LogP contribution in [0.25, 0.3) is 0 Å². The standard InChI is InChI=1S/C19H22FNO3/c1-14(24-18-9-5-8-17(20)12-18)19(23)21-13-16(10-11-22)15-6-3-2-4-7-15/h2-9,12,14,16,22H,10-11,13H2,1H3,(H,21,23). The van der Waals surface area contributed by atoms with E-state index in [2.05, 4.69) is 5.32 Å². The normalized spacial score (nSPS) is 13.1. The Balaban J connectivity index is 1.90. The topological polar surface area (TPSA) is 58.6 Å². The molecule has 5 heteroatoms. The monoisotopic (exact) mass is 331 g/mol. The number of carbonyl (C=O) groups excluding carboxylic acids is 1. The molecule has 2 aromatic rings. The van der Waals surface area contributed by atoms with Gasteiger partial charge in [-0.25, -0.2) is 4.39 Å². The number of ether oxygens (including phenoxy) is 1. The molecule has 0 bridgehead atoms. The predicted octanol–water partition coefficient (Wildman–Crippen LogP) is 2.88. The summed E-state index contributed by atoms with van der Waals surface area (Å²) in [5.74, 6) is -0.348. The van der Waals surface area contributed by atoms with Crippen LogP contribution < -0.4 is 10.1 Å². The van der Waals surface area contributed by atoms with Crippen molar-refractivity contribution in [3.8, 4) is 5.75 Å². The highest BCUT2D eigenvalue weighted by atomic mass is 19.1. The summed E-state index contributed by atoms with van der Waals surface area (Å²) >= 11 is 0. The van der Waals surface area contributed by atoms with Gasteiger partial charge in [0.05, 0.1) is 0 Å². The van der Waals surface area contributed by atoms with Crippen LogP contribution in [0.4, 0.5) is 4.39 Å². The summed E-state index contributed by atoms with van der Waals surface area (Å²) in [5, 5.41) is 12.1. The third-order valence-corrected chi connectivity index (χ3v) is 3.75. The van der Waals surface area contributed by atoms with Crippen molar-refractivity contribution in [2.24, 2.45) is 0 Å². The van der Waals surface area contributed by atoms with E-state index in [1.165, 1.54) is 18.2 Å². The maximum atomic E-state index is 13.1. The van der Waals surface area contributed by atoms with Crippen molar-refractivity contribution >= 4 is 5.91 Å². The molecule has 128 valence electrons. The number of aliphatic hydroxyl groups excluding tert-OH is 1. The second-order valence-electron chi connectivity index (χ2n) is 5.58. The zero-order chi connectivity index (χ0) is 17.4. The van der Waals surface area contributed by atoms with Crippen LogP contribution in [0.1, 0.15) is 24.8 Å². The van der Waals surface area contributed by atoms with E-state index in [-0.39, 0.29) is 18.4 Å². The Morgan fingerprint density at radius 1 is 1.21 bits per heavy atom. The fraction of sp³-hybridized carbons (Fsp3) is 0.316. The summed E-state index contributed by atoms with van der Waals surface area (Å²) < 4.78 is 18.6. The van der Waals surface area contributed by atoms with E-state index in [1.807, 2.05) is 30.3 Å². The summed E-state index contributed by atoms with van der Waals surface area (Å²) in [6, 6.07) is 15.4. The van der Waals surface area contributed by atoms with Gasteiger partial charge in [-0.05, 0) is 31.0 Å². The number of nitrogens with one attached hydrogen (secondary N) is 1. The van der Waals surface area contributed by atoms with Gasteiger partial charge in [-0.2, -0.15) is 0 Å². The molecule has 0 spiro atoms. The Bertz CT molecular complexity index is 648. The molecule has 0 aromatic heterocycles. The second-order valence-corrected chi connectivity index (χ2v) is 5.58. The maximum Gasteiger partial charge on any atom is 0.260 e. The Morgan fingerprint density at radius 2 is 1.96 bits per heavy atom. The van der Waals surface area contributed by atoms with E-state index in [1.54, 1.807) is 13.0 Å². The molecule has 0 heterocycles. The lowest BCUT2D eigenvalue weighted by Gasteiger charge is -2.19. The zero-order valence-electron chi connectivity index (χ0n) is 13.6. The number of carbonyl (C=O) groups is 1. The molecule has 0 aliphatic carbocycles. The van der Waals surface area contributed by atoms with Crippen molar-refractivity contribution in [2.75, 3.05) is 13.2 Å². The first-order valence-corrected chi connectivity index (χ1v) is 7.96. The quantitative estimate of drug-likeness (QED) is 0.782. The van der Waals surface area contributed by atoms with Gasteiger partial charge >= 0.3 is 0 Å². The largest absolute Gasteiger partial charge is 0.481 e. The third kappa shape index (κ3) is 5.35. The molecule has 0 saturated heterocycles. The maximum absolute atomic E-state index is 13.1. The van der Waals surface area contributed by atoms with Crippen molar-refractivity contribution in [1.82, 2.24) is 5.32 Å². The van der Waals surface area contributed by atoms with Gasteiger partial charge in [-0.3, -0.25) is 4.79 Å². The molecule has 2 unspecified atom stereocenters. The van der Waals surface area contributed by atoms with Crippen LogP contribution in [-0.4, -0.2) is 30.3 Å². The number of hydrogen-bond acceptors (Lipinski definition) is 3. The average molecular weight is 331 g/mol. The summed E-state index contributed by atoms with van der Waals surface area (Å²) in [5.41, 5.74) is 1.06. The summed E-state index contributed by atoms with van der Waals surface area (Å²) in [6.45, 7) is 2.06. The number of benzene rings is 2. The molecule has 0 aliphatic rings. The Morgan fingerprint density at radius 3 is 2.62 bits per heavy atom. The van der Waals surface area contributed by atoms with Gasteiger partial charge in [0.2, 0.25) is 0 Å². The molecule has 2 aromatic carbocycles. The molecule has 2 atom stereocenters. The van der Waals surface area contributed by atoms with Crippen LogP contribution in [0, 0.1) is 5.82 Å². The third-order valence-electron chi connectivity index (χ3n) is 3.75. The number of hydrogen-bond donors (Lipinski definition) is 2. The number of rotatable bonds is 8. The zero-order valence-corrected chi connectivity index (χ0v) is 13.6. The van der Waals surface area contributed by atoms with Crippen LogP contribution in [0.3, 0.4) is 0 Å². The SMILES string of the molecule is CC(Oc1cccc(F)c1)C(=O)NCC(CCO)c1ccccc1. The molecular weight excluding hydrogens is 309 g/mol. The minimum atomic E-state index is -0.739. The molecule has 2 rings (SSSR count). The van der Waals surface area contributed by atoms with Gasteiger partial charge in [0.15, 0.2) is 6.10 Å². The summed E-state index contributed by atoms with van der Waals surface area (Å²) in [6.07, 6.45) is -0.180. The molecule has 4 nitrogen and oxygen atoms in total. The van der Waals surface area contributed by atoms with E-state index in [0.29, 0.717) is 18.7 Å². The van der Waals surface area contributed by atoms with Crippen molar-refractivity contribution < 1.29 is 19.0 Å². The molecule has 0 radical (unpaired) electrons. The van der Waals surface area contributed by atoms with Crippen LogP contribution in [0.5, 0.6) is 5.75 Å². The van der Waals surface area contributed by atoms with Crippen molar-refractivity contribution in [3.05, 3.63) is 66.0 Å². The molecule has 2 N–H and O–H groups in total. The minimum Gasteiger partial charge on any atom is -0.481 e. The molecule has 0 saturated carbocycles. The average Bonchev–Trinajstić information content (AvgIpc) is 2.59. The first-order chi connectivity index (χ1) is 11.6. The molecule has 0 aliphatic heterocycles. The molecule has 0 fully saturated rings. The van der Waals surface area contributed by atoms with Gasteiger partial charge in [0.25, 0.3) is 5.91 Å². The Kier molecular flexibility index (Phi) is 6.75. The van der Waals surface area contributed by atoms with E-state index in [0.717, 1.165) is 5.56 Å². The first-order valence-electron chi connectivity index (χ1n) is 7.96. The highest BCUT2D eigenvalue weighted by Crippen LogP contribution is 2.18. The lowest BCUT2D eigenvalue weighted by atomic mass is 9.96. The predicted molar refractivity (Wildman–Crippen MR) is 90.4 cm³/mol. The number of halogens is 1. The van der Waals surface area contributed by atoms with Crippen LogP contribution in [0.15, 0.2) is 54.6 Å². The fourth-order valence-corrected chi connectivity index (χ4v) is 2.43. The van der Waals surface area contributed by atoms with Gasteiger partial charge in [-0.1, -0.05) is 36.4 Å². The van der Waals surface area contributed by atoms with E-state index < -0.39 is 11.9 Å². The van der Waals surface area contributed by atoms with Crippen LogP contribution >= 0.6 is 0 Å². The number of aliphatic hydroxyl groups is 1. The number of amides is 1. The van der Waals surface area contributed by atoms with Gasteiger partial charge in [0, 0.05) is 25.1 Å². The lowest BCUT2D eigenvalue weighted by molar-refractivity contribution is -0.127. The first kappa shape index (κ1) is 17.9. The van der Waals surface area contributed by atoms with Gasteiger partial charge in [-0.15, -0.1) is 0 Å². The lowest BCUT2D eigenvalue weighted by Crippen LogP contribution is -2.38. The molecule has 24 heavy (non-hydrogen) atoms. The summed E-state index contributed by atoms with van der Waals surface area (Å²) in [7, 11) is 0. The highest BCUT2D eigenvalue weighted by Gasteiger charge is 2.17. The highest BCUT2D eigenvalue weighted by molar-refractivity contribution is 5.80. The van der Waals surface area contributed by atoms with E-state index in [9.17, 15) is 14.3 Å². The van der Waals surface area contributed by atoms with Gasteiger partial charge in [0.1, 0.15) is 11.6 Å². The van der Waals surface area contributed by atoms with E-state index >= 15 is 0 Å². The smallest absolute Gasteiger partial charge is 0.260 e. The van der Waals surface area contributed by atoms with E-state index in [4.69, 9.17) is 4.74 Å². The fourth-order valence-electron chi connectivity index (χ4n) is 2.43. The van der Waals surface area contributed by atoms with Crippen molar-refractivity contribution in [2.45, 2.75) is 25.4 Å². The van der Waals surface area contributed by atoms with Crippen molar-refractivity contribution in [3.63, 3.8) is 0 Å². The van der Waals surface area contributed by atoms with Crippen LogP contribution in [-0.2, 0) is 4.79 Å². The van der Waals surface area contributed by atoms with Gasteiger partial charge < -0.3 is 15.2 Å². The molecule has 1 amide bonds. The second kappa shape index (κ2) is 9.03. The molecular formula is C19H22FNO3. The summed E-state index contributed by atoms with van der Waals surface area (Å²) in [4.78, 5) is 12.2. The minimum absolute atomic E-state index is 0.0292. The Hall–Kier alpha value is -2.40. The van der Waals surface area contributed by atoms with Crippen molar-refractivity contribution in [1.29, 1.82) is 0 Å². The Labute approximate surface area is 141 Å². The van der Waals surface area contributed by atoms with Crippen LogP contribution in [0.2, 0.25) is 0 Å².